The zero-order valence-electron chi connectivity index (χ0n) is 8.90. The first-order chi connectivity index (χ1) is 6.67. The molecule has 0 heterocycles. The Balaban J connectivity index is 4.57. The lowest BCUT2D eigenvalue weighted by Crippen LogP contribution is -2.08. The first-order valence-electron chi connectivity index (χ1n) is 4.44. The van der Waals surface area contributed by atoms with Gasteiger partial charge < -0.3 is 0 Å². The topological polar surface area (TPSA) is 41.8 Å². The van der Waals surface area contributed by atoms with Crippen molar-refractivity contribution in [3.63, 3.8) is 0 Å². The molecule has 0 aromatic carbocycles. The smallest absolute Gasteiger partial charge is 0.297 e. The Hall–Kier alpha value is -1.45. The van der Waals surface area contributed by atoms with Crippen molar-refractivity contribution in [3.05, 3.63) is 40.8 Å². The van der Waals surface area contributed by atoms with Crippen molar-refractivity contribution in [2.45, 2.75) is 13.7 Å². The second kappa shape index (κ2) is 7.01. The molecular formula is C10H15BN2O. The molecule has 0 spiro atoms. The molecule has 0 atom stereocenters. The van der Waals surface area contributed by atoms with Gasteiger partial charge in [0, 0.05) is 13.3 Å². The molecule has 0 aliphatic carbocycles. The van der Waals surface area contributed by atoms with Crippen LogP contribution in [0.3, 0.4) is 0 Å². The van der Waals surface area contributed by atoms with Crippen molar-refractivity contribution >= 4 is 13.1 Å². The van der Waals surface area contributed by atoms with Gasteiger partial charge in [-0.2, -0.15) is 4.91 Å². The van der Waals surface area contributed by atoms with E-state index >= 15 is 0 Å². The normalized spacial score (nSPS) is 12.4. The largest absolute Gasteiger partial charge is 0.366 e. The molecule has 4 heteroatoms. The van der Waals surface area contributed by atoms with E-state index in [1.54, 1.807) is 26.2 Å². The lowest BCUT2D eigenvalue weighted by Gasteiger charge is -2.04. The zero-order valence-corrected chi connectivity index (χ0v) is 8.90. The molecule has 3 nitrogen and oxygen atoms in total. The van der Waals surface area contributed by atoms with Crippen LogP contribution in [0.2, 0.25) is 6.82 Å². The maximum absolute atomic E-state index is 10.4. The predicted molar refractivity (Wildman–Crippen MR) is 63.9 cm³/mol. The third kappa shape index (κ3) is 3.98. The summed E-state index contributed by atoms with van der Waals surface area (Å²) < 4.78 is 0. The molecule has 0 unspecified atom stereocenters. The van der Waals surface area contributed by atoms with Gasteiger partial charge in [-0.1, -0.05) is 25.6 Å². The molecule has 14 heavy (non-hydrogen) atoms. The molecule has 0 saturated heterocycles. The van der Waals surface area contributed by atoms with E-state index in [1.165, 1.54) is 0 Å². The van der Waals surface area contributed by atoms with Crippen LogP contribution in [0.4, 0.5) is 0 Å². The first kappa shape index (κ1) is 12.6. The number of aliphatic imine (C=N–C) groups is 1. The summed E-state index contributed by atoms with van der Waals surface area (Å²) in [4.78, 5) is 14.2. The summed E-state index contributed by atoms with van der Waals surface area (Å²) in [7, 11) is 1.69. The maximum atomic E-state index is 10.4. The van der Waals surface area contributed by atoms with Crippen LogP contribution in [0.25, 0.3) is 0 Å². The minimum Gasteiger partial charge on any atom is -0.297 e. The van der Waals surface area contributed by atoms with E-state index in [2.05, 4.69) is 16.7 Å². The Kier molecular flexibility index (Phi) is 6.28. The summed E-state index contributed by atoms with van der Waals surface area (Å²) in [6, 6.07) is 0. The zero-order chi connectivity index (χ0) is 11.0. The molecule has 0 aromatic rings. The van der Waals surface area contributed by atoms with Crippen molar-refractivity contribution in [2.75, 3.05) is 7.05 Å². The summed E-state index contributed by atoms with van der Waals surface area (Å²) >= 11 is 0. The van der Waals surface area contributed by atoms with Crippen LogP contribution < -0.4 is 0 Å². The molecule has 0 bridgehead atoms. The monoisotopic (exact) mass is 190 g/mol. The number of nitroso groups, excluding NO2 is 1. The van der Waals surface area contributed by atoms with E-state index in [9.17, 15) is 4.91 Å². The fraction of sp³-hybridized carbons (Fsp3) is 0.300. The van der Waals surface area contributed by atoms with Gasteiger partial charge in [-0.05, 0) is 24.0 Å². The number of hydrogen-bond donors (Lipinski definition) is 0. The first-order valence-corrected chi connectivity index (χ1v) is 4.44. The average molecular weight is 190 g/mol. The molecule has 0 fully saturated rings. The number of allylic oxidation sites excluding steroid dienone is 5. The summed E-state index contributed by atoms with van der Waals surface area (Å²) in [6.07, 6.45) is 7.10. The van der Waals surface area contributed by atoms with E-state index in [-0.39, 0.29) is 6.85 Å². The summed E-state index contributed by atoms with van der Waals surface area (Å²) in [5.74, 6) is 0. The molecule has 74 valence electrons. The van der Waals surface area contributed by atoms with Crippen LogP contribution in [0.1, 0.15) is 6.92 Å². The fourth-order valence-electron chi connectivity index (χ4n) is 1.09. The third-order valence-electron chi connectivity index (χ3n) is 1.82. The van der Waals surface area contributed by atoms with Crippen LogP contribution in [-0.4, -0.2) is 20.1 Å². The van der Waals surface area contributed by atoms with E-state index in [0.29, 0.717) is 0 Å². The molecular weight excluding hydrogens is 175 g/mol. The van der Waals surface area contributed by atoms with Gasteiger partial charge in [0.05, 0.1) is 0 Å². The van der Waals surface area contributed by atoms with Crippen LogP contribution in [0.15, 0.2) is 45.9 Å². The minimum atomic E-state index is -0.351. The molecule has 0 N–H and O–H groups in total. The van der Waals surface area contributed by atoms with Gasteiger partial charge in [-0.3, -0.25) is 4.99 Å². The van der Waals surface area contributed by atoms with Crippen molar-refractivity contribution in [2.24, 2.45) is 10.1 Å². The Morgan fingerprint density at radius 1 is 1.50 bits per heavy atom. The third-order valence-corrected chi connectivity index (χ3v) is 1.82. The predicted octanol–water partition coefficient (Wildman–Crippen LogP) is 2.67. The van der Waals surface area contributed by atoms with E-state index < -0.39 is 0 Å². The fourth-order valence-corrected chi connectivity index (χ4v) is 1.09. The van der Waals surface area contributed by atoms with Gasteiger partial charge in [0.15, 0.2) is 0 Å². The Bertz CT molecular complexity index is 292. The quantitative estimate of drug-likeness (QED) is 0.284. The summed E-state index contributed by atoms with van der Waals surface area (Å²) in [6.45, 7) is 7.11. The van der Waals surface area contributed by atoms with E-state index in [1.807, 2.05) is 19.1 Å². The average Bonchev–Trinajstić information content (AvgIpc) is 2.19. The van der Waals surface area contributed by atoms with E-state index in [0.717, 1.165) is 11.0 Å². The second-order valence-corrected chi connectivity index (χ2v) is 2.82. The Morgan fingerprint density at radius 2 is 2.14 bits per heavy atom. The van der Waals surface area contributed by atoms with Gasteiger partial charge in [-0.15, -0.1) is 5.09 Å². The van der Waals surface area contributed by atoms with E-state index in [4.69, 9.17) is 0 Å². The lowest BCUT2D eigenvalue weighted by atomic mass is 9.57. The van der Waals surface area contributed by atoms with Crippen molar-refractivity contribution < 1.29 is 0 Å². The highest BCUT2D eigenvalue weighted by Crippen LogP contribution is 2.13. The van der Waals surface area contributed by atoms with Gasteiger partial charge in [-0.25, -0.2) is 0 Å². The number of nitrogens with zero attached hydrogens (tertiary/aromatic N) is 2. The van der Waals surface area contributed by atoms with Gasteiger partial charge in [0.1, 0.15) is 0 Å². The number of rotatable bonds is 5. The second-order valence-electron chi connectivity index (χ2n) is 2.82. The van der Waals surface area contributed by atoms with Crippen LogP contribution in [-0.2, 0) is 0 Å². The molecule has 0 saturated carbocycles. The molecule has 0 rings (SSSR count). The molecule has 0 aliphatic heterocycles. The van der Waals surface area contributed by atoms with Crippen molar-refractivity contribution in [1.29, 1.82) is 0 Å². The van der Waals surface area contributed by atoms with Crippen molar-refractivity contribution in [3.8, 4) is 0 Å². The molecule has 0 aliphatic rings. The molecule has 0 aromatic heterocycles. The highest BCUT2D eigenvalue weighted by molar-refractivity contribution is 6.64. The maximum Gasteiger partial charge on any atom is 0.366 e. The van der Waals surface area contributed by atoms with Crippen LogP contribution in [0, 0.1) is 4.91 Å². The standard InChI is InChI=1S/C10H15BN2O/c1-5-10(11(3)13-14)9(2)7-6-8-12-4/h5-8H,2H2,1,3-4H3/b7-6-,10-5+,12-8?. The summed E-state index contributed by atoms with van der Waals surface area (Å²) in [5.41, 5.74) is 1.64. The van der Waals surface area contributed by atoms with Gasteiger partial charge in [0.2, 0.25) is 0 Å². The molecule has 0 radical (unpaired) electrons. The van der Waals surface area contributed by atoms with Crippen LogP contribution in [0.5, 0.6) is 0 Å². The Morgan fingerprint density at radius 3 is 2.57 bits per heavy atom. The van der Waals surface area contributed by atoms with Crippen LogP contribution >= 0.6 is 0 Å². The highest BCUT2D eigenvalue weighted by Gasteiger charge is 2.14. The minimum absolute atomic E-state index is 0.351. The van der Waals surface area contributed by atoms with Crippen molar-refractivity contribution in [1.82, 2.24) is 0 Å². The lowest BCUT2D eigenvalue weighted by molar-refractivity contribution is 1.47. The number of hydrogen-bond acceptors (Lipinski definition) is 3. The highest BCUT2D eigenvalue weighted by atomic mass is 16.2. The SMILES string of the molecule is C=C(/C=C\C=NC)/C(=C\C)B(C)N=O. The van der Waals surface area contributed by atoms with Gasteiger partial charge >= 0.3 is 6.85 Å². The summed E-state index contributed by atoms with van der Waals surface area (Å²) in [5, 5.41) is 2.96. The van der Waals surface area contributed by atoms with Gasteiger partial charge in [0.25, 0.3) is 0 Å². The molecule has 0 amide bonds. The Labute approximate surface area is 85.4 Å².